The van der Waals surface area contributed by atoms with Gasteiger partial charge in [0.15, 0.2) is 0 Å². The van der Waals surface area contributed by atoms with Crippen molar-refractivity contribution in [1.29, 1.82) is 0 Å². The summed E-state index contributed by atoms with van der Waals surface area (Å²) < 4.78 is 0. The van der Waals surface area contributed by atoms with Crippen molar-refractivity contribution >= 4 is 11.6 Å². The molecule has 0 spiro atoms. The van der Waals surface area contributed by atoms with Crippen LogP contribution >= 0.6 is 0 Å². The zero-order chi connectivity index (χ0) is 15.2. The average Bonchev–Trinajstić information content (AvgIpc) is 2.46. The van der Waals surface area contributed by atoms with Crippen LogP contribution in [0.3, 0.4) is 0 Å². The van der Waals surface area contributed by atoms with Crippen LogP contribution in [0.2, 0.25) is 0 Å². The highest BCUT2D eigenvalue weighted by Crippen LogP contribution is 2.30. The van der Waals surface area contributed by atoms with Crippen LogP contribution in [0.15, 0.2) is 18.2 Å². The van der Waals surface area contributed by atoms with Crippen molar-refractivity contribution in [3.8, 4) is 0 Å². The summed E-state index contributed by atoms with van der Waals surface area (Å²) in [5.41, 5.74) is 3.77. The van der Waals surface area contributed by atoms with Gasteiger partial charge in [0.05, 0.1) is 0 Å². The lowest BCUT2D eigenvalue weighted by molar-refractivity contribution is -0.114. The summed E-state index contributed by atoms with van der Waals surface area (Å²) in [6.07, 6.45) is 5.82. The maximum atomic E-state index is 11.3. The SMILES string of the molecule is CCCN(CCC)C1CCc2c(cccc2NC(C)=O)C1. The third-order valence-electron chi connectivity index (χ3n) is 4.30. The van der Waals surface area contributed by atoms with Crippen LogP contribution in [0.5, 0.6) is 0 Å². The summed E-state index contributed by atoms with van der Waals surface area (Å²) in [5.74, 6) is 0.0177. The first kappa shape index (κ1) is 16.0. The predicted octanol–water partition coefficient (Wildman–Crippen LogP) is 3.62. The van der Waals surface area contributed by atoms with Gasteiger partial charge in [-0.05, 0) is 62.4 Å². The van der Waals surface area contributed by atoms with Crippen molar-refractivity contribution in [3.63, 3.8) is 0 Å². The molecule has 1 amide bonds. The Bertz CT molecular complexity index is 478. The van der Waals surface area contributed by atoms with Crippen LogP contribution in [0.4, 0.5) is 5.69 Å². The number of rotatable bonds is 6. The van der Waals surface area contributed by atoms with Crippen LogP contribution in [-0.4, -0.2) is 29.9 Å². The van der Waals surface area contributed by atoms with E-state index in [-0.39, 0.29) is 5.91 Å². The molecule has 1 atom stereocenters. The Hall–Kier alpha value is -1.35. The molecule has 0 heterocycles. The van der Waals surface area contributed by atoms with Gasteiger partial charge in [-0.25, -0.2) is 0 Å². The second-order valence-corrected chi connectivity index (χ2v) is 6.06. The van der Waals surface area contributed by atoms with E-state index in [0.717, 1.165) is 18.5 Å². The van der Waals surface area contributed by atoms with Gasteiger partial charge in [-0.3, -0.25) is 4.79 Å². The van der Waals surface area contributed by atoms with Gasteiger partial charge >= 0.3 is 0 Å². The topological polar surface area (TPSA) is 32.3 Å². The minimum Gasteiger partial charge on any atom is -0.326 e. The molecule has 0 radical (unpaired) electrons. The van der Waals surface area contributed by atoms with Crippen LogP contribution in [-0.2, 0) is 17.6 Å². The molecule has 1 aromatic rings. The minimum absolute atomic E-state index is 0.0177. The summed E-state index contributed by atoms with van der Waals surface area (Å²) in [6, 6.07) is 6.97. The number of benzene rings is 1. The molecule has 0 aromatic heterocycles. The quantitative estimate of drug-likeness (QED) is 0.867. The summed E-state index contributed by atoms with van der Waals surface area (Å²) in [7, 11) is 0. The summed E-state index contributed by atoms with van der Waals surface area (Å²) in [5, 5.41) is 2.97. The maximum absolute atomic E-state index is 11.3. The molecule has 0 saturated heterocycles. The molecular weight excluding hydrogens is 260 g/mol. The lowest BCUT2D eigenvalue weighted by Gasteiger charge is -2.35. The standard InChI is InChI=1S/C18H28N2O/c1-4-11-20(12-5-2)16-9-10-17-15(13-16)7-6-8-18(17)19-14(3)21/h6-8,16H,4-5,9-13H2,1-3H3,(H,19,21). The van der Waals surface area contributed by atoms with E-state index in [1.54, 1.807) is 6.92 Å². The van der Waals surface area contributed by atoms with Crippen molar-refractivity contribution < 1.29 is 4.79 Å². The number of anilines is 1. The molecular formula is C18H28N2O. The normalized spacial score (nSPS) is 17.6. The maximum Gasteiger partial charge on any atom is 0.221 e. The van der Waals surface area contributed by atoms with Crippen molar-refractivity contribution in [2.45, 2.75) is 58.9 Å². The van der Waals surface area contributed by atoms with Crippen molar-refractivity contribution in [2.24, 2.45) is 0 Å². The molecule has 1 N–H and O–H groups in total. The van der Waals surface area contributed by atoms with E-state index in [0.29, 0.717) is 6.04 Å². The van der Waals surface area contributed by atoms with E-state index in [1.807, 2.05) is 6.07 Å². The zero-order valence-corrected chi connectivity index (χ0v) is 13.6. The van der Waals surface area contributed by atoms with E-state index in [9.17, 15) is 4.79 Å². The predicted molar refractivity (Wildman–Crippen MR) is 88.7 cm³/mol. The fraction of sp³-hybridized carbons (Fsp3) is 0.611. The van der Waals surface area contributed by atoms with Crippen molar-refractivity contribution in [2.75, 3.05) is 18.4 Å². The first-order valence-corrected chi connectivity index (χ1v) is 8.28. The lowest BCUT2D eigenvalue weighted by Crippen LogP contribution is -2.40. The minimum atomic E-state index is 0.0177. The molecule has 21 heavy (non-hydrogen) atoms. The van der Waals surface area contributed by atoms with E-state index in [1.165, 1.54) is 43.5 Å². The van der Waals surface area contributed by atoms with Crippen LogP contribution < -0.4 is 5.32 Å². The van der Waals surface area contributed by atoms with Gasteiger partial charge in [0, 0.05) is 18.7 Å². The number of carbonyl (C=O) groups excluding carboxylic acids is 1. The number of hydrogen-bond donors (Lipinski definition) is 1. The van der Waals surface area contributed by atoms with Gasteiger partial charge in [-0.2, -0.15) is 0 Å². The molecule has 0 aliphatic heterocycles. The van der Waals surface area contributed by atoms with Gasteiger partial charge < -0.3 is 10.2 Å². The second-order valence-electron chi connectivity index (χ2n) is 6.06. The second kappa shape index (κ2) is 7.60. The summed E-state index contributed by atoms with van der Waals surface area (Å²) >= 11 is 0. The Labute approximate surface area is 128 Å². The lowest BCUT2D eigenvalue weighted by atomic mass is 9.86. The van der Waals surface area contributed by atoms with Crippen LogP contribution in [0.25, 0.3) is 0 Å². The number of carbonyl (C=O) groups is 1. The van der Waals surface area contributed by atoms with E-state index in [2.05, 4.69) is 36.2 Å². The number of nitrogens with zero attached hydrogens (tertiary/aromatic N) is 1. The third-order valence-corrected chi connectivity index (χ3v) is 4.30. The van der Waals surface area contributed by atoms with Crippen molar-refractivity contribution in [3.05, 3.63) is 29.3 Å². The fourth-order valence-electron chi connectivity index (χ4n) is 3.46. The molecule has 3 heteroatoms. The smallest absolute Gasteiger partial charge is 0.221 e. The number of hydrogen-bond acceptors (Lipinski definition) is 2. The fourth-order valence-corrected chi connectivity index (χ4v) is 3.46. The summed E-state index contributed by atoms with van der Waals surface area (Å²) in [4.78, 5) is 14.0. The molecule has 1 aliphatic carbocycles. The van der Waals surface area contributed by atoms with E-state index in [4.69, 9.17) is 0 Å². The Kier molecular flexibility index (Phi) is 5.80. The van der Waals surface area contributed by atoms with Crippen LogP contribution in [0.1, 0.15) is 51.2 Å². The molecule has 0 fully saturated rings. The van der Waals surface area contributed by atoms with Gasteiger partial charge in [-0.15, -0.1) is 0 Å². The molecule has 3 nitrogen and oxygen atoms in total. The number of nitrogens with one attached hydrogen (secondary N) is 1. The number of amides is 1. The highest BCUT2D eigenvalue weighted by Gasteiger charge is 2.24. The van der Waals surface area contributed by atoms with Gasteiger partial charge in [0.2, 0.25) is 5.91 Å². The van der Waals surface area contributed by atoms with E-state index < -0.39 is 0 Å². The first-order chi connectivity index (χ1) is 10.2. The Morgan fingerprint density at radius 1 is 1.29 bits per heavy atom. The Balaban J connectivity index is 2.14. The Morgan fingerprint density at radius 2 is 2.00 bits per heavy atom. The first-order valence-electron chi connectivity index (χ1n) is 8.28. The highest BCUT2D eigenvalue weighted by molar-refractivity contribution is 5.89. The Morgan fingerprint density at radius 3 is 2.62 bits per heavy atom. The average molecular weight is 288 g/mol. The van der Waals surface area contributed by atoms with E-state index >= 15 is 0 Å². The number of fused-ring (bicyclic) bond motifs is 1. The molecule has 116 valence electrons. The molecule has 0 saturated carbocycles. The van der Waals surface area contributed by atoms with Crippen LogP contribution in [0, 0.1) is 0 Å². The highest BCUT2D eigenvalue weighted by atomic mass is 16.1. The largest absolute Gasteiger partial charge is 0.326 e. The van der Waals surface area contributed by atoms with Gasteiger partial charge in [0.25, 0.3) is 0 Å². The summed E-state index contributed by atoms with van der Waals surface area (Å²) in [6.45, 7) is 8.48. The zero-order valence-electron chi connectivity index (χ0n) is 13.6. The molecule has 1 aliphatic rings. The molecule has 1 aromatic carbocycles. The van der Waals surface area contributed by atoms with Crippen molar-refractivity contribution in [1.82, 2.24) is 4.90 Å². The molecule has 2 rings (SSSR count). The van der Waals surface area contributed by atoms with Gasteiger partial charge in [-0.1, -0.05) is 26.0 Å². The third kappa shape index (κ3) is 4.07. The van der Waals surface area contributed by atoms with Gasteiger partial charge in [0.1, 0.15) is 0 Å². The monoisotopic (exact) mass is 288 g/mol. The molecule has 0 bridgehead atoms. The molecule has 1 unspecified atom stereocenters.